The van der Waals surface area contributed by atoms with Crippen molar-refractivity contribution >= 4 is 21.9 Å². The number of carboxylic acid groups (broad SMARTS) is 1. The molecule has 4 heteroatoms. The number of aromatic carboxylic acids is 1. The SMILES string of the molecule is CCCCOc1ccc(Br)cc1C(=O)[O-]. The lowest BCUT2D eigenvalue weighted by molar-refractivity contribution is -0.255. The highest BCUT2D eigenvalue weighted by Crippen LogP contribution is 2.22. The Morgan fingerprint density at radius 3 is 2.87 bits per heavy atom. The van der Waals surface area contributed by atoms with Crippen LogP contribution in [0.1, 0.15) is 30.1 Å². The van der Waals surface area contributed by atoms with Crippen molar-refractivity contribution in [2.24, 2.45) is 0 Å². The first-order valence-corrected chi connectivity index (χ1v) is 5.58. The van der Waals surface area contributed by atoms with Crippen molar-refractivity contribution in [2.75, 3.05) is 6.61 Å². The summed E-state index contributed by atoms with van der Waals surface area (Å²) in [6.07, 6.45) is 1.92. The minimum Gasteiger partial charge on any atom is -0.545 e. The Labute approximate surface area is 97.2 Å². The van der Waals surface area contributed by atoms with Crippen LogP contribution in [0.4, 0.5) is 0 Å². The van der Waals surface area contributed by atoms with Crippen molar-refractivity contribution in [3.63, 3.8) is 0 Å². The molecular formula is C11H12BrO3-. The van der Waals surface area contributed by atoms with Gasteiger partial charge in [0.15, 0.2) is 0 Å². The number of unbranched alkanes of at least 4 members (excludes halogenated alkanes) is 1. The third-order valence-electron chi connectivity index (χ3n) is 1.92. The molecule has 0 amide bonds. The van der Waals surface area contributed by atoms with Gasteiger partial charge in [-0.3, -0.25) is 0 Å². The van der Waals surface area contributed by atoms with Gasteiger partial charge in [0.25, 0.3) is 0 Å². The number of halogens is 1. The van der Waals surface area contributed by atoms with Crippen molar-refractivity contribution in [3.8, 4) is 5.75 Å². The molecule has 0 spiro atoms. The minimum atomic E-state index is -1.22. The van der Waals surface area contributed by atoms with Crippen molar-refractivity contribution in [3.05, 3.63) is 28.2 Å². The first-order chi connectivity index (χ1) is 7.15. The summed E-state index contributed by atoms with van der Waals surface area (Å²) < 4.78 is 6.05. The Hall–Kier alpha value is -1.03. The highest BCUT2D eigenvalue weighted by Gasteiger charge is 2.05. The Balaban J connectivity index is 2.81. The van der Waals surface area contributed by atoms with Crippen molar-refractivity contribution < 1.29 is 14.6 Å². The third-order valence-corrected chi connectivity index (χ3v) is 2.41. The van der Waals surface area contributed by atoms with Crippen LogP contribution >= 0.6 is 15.9 Å². The van der Waals surface area contributed by atoms with Crippen LogP contribution in [0.15, 0.2) is 22.7 Å². The van der Waals surface area contributed by atoms with Crippen molar-refractivity contribution in [2.45, 2.75) is 19.8 Å². The van der Waals surface area contributed by atoms with E-state index in [9.17, 15) is 9.90 Å². The zero-order chi connectivity index (χ0) is 11.3. The standard InChI is InChI=1S/C11H13BrO3/c1-2-3-6-15-10-5-4-8(12)7-9(10)11(13)14/h4-5,7H,2-3,6H2,1H3,(H,13,14)/p-1. The average molecular weight is 272 g/mol. The molecule has 0 saturated carbocycles. The predicted molar refractivity (Wildman–Crippen MR) is 58.9 cm³/mol. The molecule has 1 rings (SSSR count). The Bertz CT molecular complexity index is 350. The number of carbonyl (C=O) groups excluding carboxylic acids is 1. The molecule has 0 aliphatic heterocycles. The molecule has 0 aliphatic carbocycles. The molecule has 0 aromatic heterocycles. The van der Waals surface area contributed by atoms with E-state index in [-0.39, 0.29) is 5.56 Å². The monoisotopic (exact) mass is 271 g/mol. The van der Waals surface area contributed by atoms with Gasteiger partial charge in [-0.05, 0) is 24.6 Å². The van der Waals surface area contributed by atoms with Crippen LogP contribution < -0.4 is 9.84 Å². The van der Waals surface area contributed by atoms with Gasteiger partial charge in [0.2, 0.25) is 0 Å². The Kier molecular flexibility index (Phi) is 4.62. The van der Waals surface area contributed by atoms with Crippen LogP contribution in [0.5, 0.6) is 5.75 Å². The molecule has 1 aromatic rings. The summed E-state index contributed by atoms with van der Waals surface area (Å²) >= 11 is 3.20. The molecule has 1 aromatic carbocycles. The lowest BCUT2D eigenvalue weighted by atomic mass is 10.2. The summed E-state index contributed by atoms with van der Waals surface area (Å²) in [4.78, 5) is 10.8. The number of benzene rings is 1. The van der Waals surface area contributed by atoms with Crippen LogP contribution in [0.2, 0.25) is 0 Å². The van der Waals surface area contributed by atoms with Crippen LogP contribution in [0.25, 0.3) is 0 Å². The van der Waals surface area contributed by atoms with Gasteiger partial charge in [-0.25, -0.2) is 0 Å². The van der Waals surface area contributed by atoms with E-state index >= 15 is 0 Å². The van der Waals surface area contributed by atoms with Gasteiger partial charge < -0.3 is 14.6 Å². The van der Waals surface area contributed by atoms with Crippen molar-refractivity contribution in [1.82, 2.24) is 0 Å². The number of carbonyl (C=O) groups is 1. The van der Waals surface area contributed by atoms with Gasteiger partial charge in [0, 0.05) is 10.0 Å². The van der Waals surface area contributed by atoms with E-state index in [4.69, 9.17) is 4.74 Å². The normalized spacial score (nSPS) is 10.0. The fourth-order valence-electron chi connectivity index (χ4n) is 1.11. The van der Waals surface area contributed by atoms with Gasteiger partial charge in [-0.1, -0.05) is 29.3 Å². The molecule has 0 N–H and O–H groups in total. The van der Waals surface area contributed by atoms with Crippen molar-refractivity contribution in [1.29, 1.82) is 0 Å². The fraction of sp³-hybridized carbons (Fsp3) is 0.364. The van der Waals surface area contributed by atoms with Crippen LogP contribution in [-0.2, 0) is 0 Å². The largest absolute Gasteiger partial charge is 0.545 e. The zero-order valence-electron chi connectivity index (χ0n) is 8.46. The van der Waals surface area contributed by atoms with E-state index in [1.54, 1.807) is 12.1 Å². The maximum absolute atomic E-state index is 10.8. The number of hydrogen-bond acceptors (Lipinski definition) is 3. The average Bonchev–Trinajstić information content (AvgIpc) is 2.20. The molecular weight excluding hydrogens is 260 g/mol. The number of hydrogen-bond donors (Lipinski definition) is 0. The second-order valence-corrected chi connectivity index (χ2v) is 4.05. The van der Waals surface area contributed by atoms with Crippen LogP contribution in [0.3, 0.4) is 0 Å². The van der Waals surface area contributed by atoms with E-state index < -0.39 is 5.97 Å². The Morgan fingerprint density at radius 1 is 1.53 bits per heavy atom. The maximum Gasteiger partial charge on any atom is 0.128 e. The van der Waals surface area contributed by atoms with Gasteiger partial charge in [0.05, 0.1) is 12.6 Å². The molecule has 0 saturated heterocycles. The summed E-state index contributed by atoms with van der Waals surface area (Å²) in [5.74, 6) is -0.852. The fourth-order valence-corrected chi connectivity index (χ4v) is 1.48. The highest BCUT2D eigenvalue weighted by molar-refractivity contribution is 9.10. The number of carboxylic acids is 1. The van der Waals surface area contributed by atoms with E-state index in [1.807, 2.05) is 6.92 Å². The first-order valence-electron chi connectivity index (χ1n) is 4.79. The molecule has 0 heterocycles. The molecule has 0 radical (unpaired) electrons. The molecule has 0 aliphatic rings. The molecule has 0 fully saturated rings. The third kappa shape index (κ3) is 3.55. The summed E-state index contributed by atoms with van der Waals surface area (Å²) in [5.41, 5.74) is 0.0838. The topological polar surface area (TPSA) is 49.4 Å². The van der Waals surface area contributed by atoms with E-state index in [2.05, 4.69) is 15.9 Å². The molecule has 0 atom stereocenters. The second-order valence-electron chi connectivity index (χ2n) is 3.13. The Morgan fingerprint density at radius 2 is 2.27 bits per heavy atom. The van der Waals surface area contributed by atoms with Crippen LogP contribution in [0, 0.1) is 0 Å². The summed E-state index contributed by atoms with van der Waals surface area (Å²) in [6, 6.07) is 4.86. The van der Waals surface area contributed by atoms with Gasteiger partial charge in [0.1, 0.15) is 5.75 Å². The quantitative estimate of drug-likeness (QED) is 0.770. The van der Waals surface area contributed by atoms with Gasteiger partial charge in [-0.15, -0.1) is 0 Å². The lowest BCUT2D eigenvalue weighted by Crippen LogP contribution is -2.23. The summed E-state index contributed by atoms with van der Waals surface area (Å²) in [5, 5.41) is 10.8. The predicted octanol–water partition coefficient (Wildman–Crippen LogP) is 1.99. The van der Waals surface area contributed by atoms with E-state index in [0.29, 0.717) is 16.8 Å². The molecule has 3 nitrogen and oxygen atoms in total. The smallest absolute Gasteiger partial charge is 0.128 e. The molecule has 0 unspecified atom stereocenters. The summed E-state index contributed by atoms with van der Waals surface area (Å²) in [7, 11) is 0. The van der Waals surface area contributed by atoms with Gasteiger partial charge >= 0.3 is 0 Å². The summed E-state index contributed by atoms with van der Waals surface area (Å²) in [6.45, 7) is 2.57. The van der Waals surface area contributed by atoms with E-state index in [0.717, 1.165) is 12.8 Å². The number of ether oxygens (including phenoxy) is 1. The lowest BCUT2D eigenvalue weighted by Gasteiger charge is -2.12. The zero-order valence-corrected chi connectivity index (χ0v) is 10.0. The molecule has 0 bridgehead atoms. The second kappa shape index (κ2) is 5.75. The maximum atomic E-state index is 10.8. The molecule has 82 valence electrons. The van der Waals surface area contributed by atoms with Gasteiger partial charge in [-0.2, -0.15) is 0 Å². The highest BCUT2D eigenvalue weighted by atomic mass is 79.9. The van der Waals surface area contributed by atoms with Crippen LogP contribution in [-0.4, -0.2) is 12.6 Å². The van der Waals surface area contributed by atoms with E-state index in [1.165, 1.54) is 6.07 Å². The number of rotatable bonds is 5. The minimum absolute atomic E-state index is 0.0838. The first kappa shape index (κ1) is 12.0. The molecule has 15 heavy (non-hydrogen) atoms.